The number of hydrogen-bond donors (Lipinski definition) is 0. The van der Waals surface area contributed by atoms with Gasteiger partial charge in [0.05, 0.1) is 0 Å². The van der Waals surface area contributed by atoms with E-state index in [0.717, 1.165) is 13.2 Å². The quantitative estimate of drug-likeness (QED) is 0.303. The largest absolute Gasteiger partial charge is 0.394 e. The fourth-order valence-electron chi connectivity index (χ4n) is 2.62. The lowest BCUT2D eigenvalue weighted by atomic mass is 10.2. The predicted octanol–water partition coefficient (Wildman–Crippen LogP) is 5.66. The van der Waals surface area contributed by atoms with Crippen LogP contribution in [0.3, 0.4) is 0 Å². The van der Waals surface area contributed by atoms with Crippen molar-refractivity contribution in [3.05, 3.63) is 0 Å². The van der Waals surface area contributed by atoms with Gasteiger partial charge in [0.25, 0.3) is 0 Å². The standard InChI is InChI=1S/C16H36O2Si/c1-5-9-11-12-14-16-19(17-7-3,18-8-4)15-13-10-6-2/h5-16H2,1-4H3. The van der Waals surface area contributed by atoms with Gasteiger partial charge in [-0.25, -0.2) is 0 Å². The Balaban J connectivity index is 4.18. The molecular weight excluding hydrogens is 252 g/mol. The molecule has 0 rings (SSSR count). The first kappa shape index (κ1) is 19.1. The zero-order valence-electron chi connectivity index (χ0n) is 13.8. The predicted molar refractivity (Wildman–Crippen MR) is 86.9 cm³/mol. The summed E-state index contributed by atoms with van der Waals surface area (Å²) in [4.78, 5) is 0. The Labute approximate surface area is 122 Å². The van der Waals surface area contributed by atoms with Gasteiger partial charge in [-0.15, -0.1) is 0 Å². The number of rotatable bonds is 14. The van der Waals surface area contributed by atoms with E-state index in [0.29, 0.717) is 0 Å². The van der Waals surface area contributed by atoms with Gasteiger partial charge in [-0.3, -0.25) is 0 Å². The Hall–Kier alpha value is 0.137. The van der Waals surface area contributed by atoms with E-state index in [9.17, 15) is 0 Å². The number of hydrogen-bond acceptors (Lipinski definition) is 2. The molecule has 2 nitrogen and oxygen atoms in total. The highest BCUT2D eigenvalue weighted by Gasteiger charge is 2.35. The Bertz CT molecular complexity index is 180. The van der Waals surface area contributed by atoms with Crippen molar-refractivity contribution >= 4 is 8.56 Å². The van der Waals surface area contributed by atoms with E-state index in [1.165, 1.54) is 63.5 Å². The molecule has 0 bridgehead atoms. The highest BCUT2D eigenvalue weighted by molar-refractivity contribution is 6.67. The van der Waals surface area contributed by atoms with Crippen molar-refractivity contribution in [1.82, 2.24) is 0 Å². The molecule has 0 radical (unpaired) electrons. The molecule has 19 heavy (non-hydrogen) atoms. The molecule has 0 spiro atoms. The lowest BCUT2D eigenvalue weighted by Crippen LogP contribution is -2.42. The molecule has 0 amide bonds. The normalized spacial score (nSPS) is 12.0. The smallest absolute Gasteiger partial charge is 0.338 e. The third-order valence-electron chi connectivity index (χ3n) is 3.64. The summed E-state index contributed by atoms with van der Waals surface area (Å²) in [5.74, 6) is 0. The minimum atomic E-state index is -1.89. The molecule has 0 saturated carbocycles. The summed E-state index contributed by atoms with van der Waals surface area (Å²) in [6.45, 7) is 10.4. The van der Waals surface area contributed by atoms with Gasteiger partial charge in [-0.05, 0) is 25.9 Å². The summed E-state index contributed by atoms with van der Waals surface area (Å²) >= 11 is 0. The second-order valence-electron chi connectivity index (χ2n) is 5.40. The highest BCUT2D eigenvalue weighted by Crippen LogP contribution is 2.25. The molecule has 0 unspecified atom stereocenters. The van der Waals surface area contributed by atoms with Gasteiger partial charge in [-0.2, -0.15) is 0 Å². The minimum absolute atomic E-state index is 0.813. The fourth-order valence-corrected chi connectivity index (χ4v) is 6.16. The van der Waals surface area contributed by atoms with Crippen molar-refractivity contribution in [3.63, 3.8) is 0 Å². The van der Waals surface area contributed by atoms with Gasteiger partial charge in [0.2, 0.25) is 0 Å². The summed E-state index contributed by atoms with van der Waals surface area (Å²) in [6.07, 6.45) is 10.5. The third kappa shape index (κ3) is 9.64. The van der Waals surface area contributed by atoms with Crippen LogP contribution in [0.2, 0.25) is 12.1 Å². The molecule has 0 aromatic rings. The molecular formula is C16H36O2Si. The van der Waals surface area contributed by atoms with Gasteiger partial charge in [-0.1, -0.05) is 65.2 Å². The van der Waals surface area contributed by atoms with E-state index < -0.39 is 8.56 Å². The van der Waals surface area contributed by atoms with E-state index in [1.807, 2.05) is 0 Å². The Morgan fingerprint density at radius 2 is 1.00 bits per heavy atom. The van der Waals surface area contributed by atoms with Crippen LogP contribution in [0.15, 0.2) is 0 Å². The monoisotopic (exact) mass is 288 g/mol. The summed E-state index contributed by atoms with van der Waals surface area (Å²) < 4.78 is 12.3. The van der Waals surface area contributed by atoms with E-state index in [-0.39, 0.29) is 0 Å². The molecule has 0 fully saturated rings. The van der Waals surface area contributed by atoms with Gasteiger partial charge < -0.3 is 8.85 Å². The van der Waals surface area contributed by atoms with Gasteiger partial charge in [0.1, 0.15) is 0 Å². The topological polar surface area (TPSA) is 18.5 Å². The second kappa shape index (κ2) is 13.1. The highest BCUT2D eigenvalue weighted by atomic mass is 28.4. The molecule has 0 aromatic carbocycles. The fraction of sp³-hybridized carbons (Fsp3) is 1.00. The van der Waals surface area contributed by atoms with Gasteiger partial charge in [0, 0.05) is 13.2 Å². The van der Waals surface area contributed by atoms with E-state index in [2.05, 4.69) is 27.7 Å². The lowest BCUT2D eigenvalue weighted by Gasteiger charge is -2.30. The molecule has 0 N–H and O–H groups in total. The first-order valence-corrected chi connectivity index (χ1v) is 10.8. The molecule has 0 aliphatic heterocycles. The third-order valence-corrected chi connectivity index (χ3v) is 7.50. The molecule has 0 atom stereocenters. The van der Waals surface area contributed by atoms with Crippen LogP contribution in [0.5, 0.6) is 0 Å². The maximum Gasteiger partial charge on any atom is 0.338 e. The number of unbranched alkanes of at least 4 members (excludes halogenated alkanes) is 6. The van der Waals surface area contributed by atoms with Gasteiger partial charge >= 0.3 is 8.56 Å². The molecule has 0 aliphatic rings. The zero-order valence-corrected chi connectivity index (χ0v) is 14.8. The average molecular weight is 289 g/mol. The van der Waals surface area contributed by atoms with Crippen LogP contribution < -0.4 is 0 Å². The first-order chi connectivity index (χ1) is 9.24. The van der Waals surface area contributed by atoms with Crippen molar-refractivity contribution < 1.29 is 8.85 Å². The van der Waals surface area contributed by atoms with Crippen LogP contribution >= 0.6 is 0 Å². The second-order valence-corrected chi connectivity index (χ2v) is 8.80. The minimum Gasteiger partial charge on any atom is -0.394 e. The lowest BCUT2D eigenvalue weighted by molar-refractivity contribution is 0.180. The van der Waals surface area contributed by atoms with E-state index in [4.69, 9.17) is 8.85 Å². The first-order valence-electron chi connectivity index (χ1n) is 8.52. The summed E-state index contributed by atoms with van der Waals surface area (Å²) in [6, 6.07) is 2.39. The zero-order chi connectivity index (χ0) is 14.4. The maximum atomic E-state index is 6.14. The Morgan fingerprint density at radius 1 is 0.579 bits per heavy atom. The van der Waals surface area contributed by atoms with Crippen LogP contribution in [0.4, 0.5) is 0 Å². The van der Waals surface area contributed by atoms with Crippen LogP contribution in [-0.2, 0) is 8.85 Å². The molecule has 0 aromatic heterocycles. The van der Waals surface area contributed by atoms with E-state index in [1.54, 1.807) is 0 Å². The summed E-state index contributed by atoms with van der Waals surface area (Å²) in [7, 11) is -1.89. The van der Waals surface area contributed by atoms with Crippen molar-refractivity contribution in [2.75, 3.05) is 13.2 Å². The Kier molecular flexibility index (Phi) is 13.2. The van der Waals surface area contributed by atoms with Crippen LogP contribution in [0, 0.1) is 0 Å². The van der Waals surface area contributed by atoms with Crippen molar-refractivity contribution in [2.45, 2.75) is 91.1 Å². The van der Waals surface area contributed by atoms with Crippen molar-refractivity contribution in [2.24, 2.45) is 0 Å². The van der Waals surface area contributed by atoms with Crippen molar-refractivity contribution in [1.29, 1.82) is 0 Å². The molecule has 3 heteroatoms. The molecule has 116 valence electrons. The average Bonchev–Trinajstić information content (AvgIpc) is 2.39. The van der Waals surface area contributed by atoms with E-state index >= 15 is 0 Å². The molecule has 0 heterocycles. The SMILES string of the molecule is CCCCCCC[Si](CCCCC)(OCC)OCC. The summed E-state index contributed by atoms with van der Waals surface area (Å²) in [5, 5.41) is 0. The summed E-state index contributed by atoms with van der Waals surface area (Å²) in [5.41, 5.74) is 0. The maximum absolute atomic E-state index is 6.14. The van der Waals surface area contributed by atoms with Crippen LogP contribution in [-0.4, -0.2) is 21.8 Å². The Morgan fingerprint density at radius 3 is 1.47 bits per heavy atom. The van der Waals surface area contributed by atoms with Crippen LogP contribution in [0.1, 0.15) is 79.1 Å². The molecule has 0 aliphatic carbocycles. The van der Waals surface area contributed by atoms with Crippen LogP contribution in [0.25, 0.3) is 0 Å². The van der Waals surface area contributed by atoms with Gasteiger partial charge in [0.15, 0.2) is 0 Å². The molecule has 0 saturated heterocycles. The van der Waals surface area contributed by atoms with Crippen molar-refractivity contribution in [3.8, 4) is 0 Å².